The van der Waals surface area contributed by atoms with Crippen LogP contribution >= 0.6 is 0 Å². The van der Waals surface area contributed by atoms with E-state index in [9.17, 15) is 13.2 Å². The van der Waals surface area contributed by atoms with Crippen molar-refractivity contribution < 1.29 is 27.4 Å². The second-order valence-electron chi connectivity index (χ2n) is 6.82. The minimum Gasteiger partial charge on any atom is -0.495 e. The first kappa shape index (κ1) is 21.3. The summed E-state index contributed by atoms with van der Waals surface area (Å²) in [5, 5.41) is 0. The average Bonchev–Trinajstić information content (AvgIpc) is 2.74. The number of nitrogens with zero attached hydrogens (tertiary/aromatic N) is 1. The molecule has 0 atom stereocenters. The van der Waals surface area contributed by atoms with Crippen molar-refractivity contribution in [3.63, 3.8) is 0 Å². The third-order valence-electron chi connectivity index (χ3n) is 4.68. The number of rotatable bonds is 7. The Morgan fingerprint density at radius 1 is 1.07 bits per heavy atom. The summed E-state index contributed by atoms with van der Waals surface area (Å²) >= 11 is 0. The van der Waals surface area contributed by atoms with Crippen molar-refractivity contribution in [1.82, 2.24) is 4.31 Å². The highest BCUT2D eigenvalue weighted by molar-refractivity contribution is 7.89. The van der Waals surface area contributed by atoms with Crippen LogP contribution in [0.15, 0.2) is 47.4 Å². The van der Waals surface area contributed by atoms with Gasteiger partial charge in [-0.25, -0.2) is 8.42 Å². The second kappa shape index (κ2) is 9.39. The van der Waals surface area contributed by atoms with E-state index in [1.165, 1.54) is 17.5 Å². The molecule has 1 fully saturated rings. The maximum absolute atomic E-state index is 13.0. The van der Waals surface area contributed by atoms with Gasteiger partial charge in [0.05, 0.1) is 26.7 Å². The Morgan fingerprint density at radius 2 is 1.72 bits per heavy atom. The molecule has 0 unspecified atom stereocenters. The van der Waals surface area contributed by atoms with Gasteiger partial charge in [0.2, 0.25) is 10.0 Å². The zero-order chi connectivity index (χ0) is 20.9. The van der Waals surface area contributed by atoms with Crippen LogP contribution in [0.1, 0.15) is 16.7 Å². The molecule has 7 nitrogen and oxygen atoms in total. The molecule has 2 aromatic rings. The smallest absolute Gasteiger partial charge is 0.310 e. The number of methoxy groups -OCH3 is 1. The highest BCUT2D eigenvalue weighted by Crippen LogP contribution is 2.28. The largest absolute Gasteiger partial charge is 0.495 e. The van der Waals surface area contributed by atoms with E-state index in [1.807, 2.05) is 31.2 Å². The van der Waals surface area contributed by atoms with E-state index in [2.05, 4.69) is 0 Å². The lowest BCUT2D eigenvalue weighted by Gasteiger charge is -2.26. The lowest BCUT2D eigenvalue weighted by Crippen LogP contribution is -2.40. The van der Waals surface area contributed by atoms with Crippen molar-refractivity contribution in [3.8, 4) is 5.75 Å². The molecule has 0 aliphatic carbocycles. The van der Waals surface area contributed by atoms with Crippen molar-refractivity contribution in [2.45, 2.75) is 24.8 Å². The summed E-state index contributed by atoms with van der Waals surface area (Å²) in [6.45, 7) is 3.44. The minimum absolute atomic E-state index is 0.0263. The van der Waals surface area contributed by atoms with Crippen LogP contribution in [-0.2, 0) is 37.3 Å². The first-order valence-corrected chi connectivity index (χ1v) is 10.8. The van der Waals surface area contributed by atoms with Gasteiger partial charge in [-0.1, -0.05) is 35.9 Å². The molecule has 156 valence electrons. The molecule has 3 rings (SSSR count). The van der Waals surface area contributed by atoms with Crippen molar-refractivity contribution in [3.05, 3.63) is 59.2 Å². The highest BCUT2D eigenvalue weighted by Gasteiger charge is 2.29. The summed E-state index contributed by atoms with van der Waals surface area (Å²) in [7, 11) is -2.33. The Hall–Kier alpha value is -2.42. The Bertz CT molecular complexity index is 950. The van der Waals surface area contributed by atoms with Crippen molar-refractivity contribution in [2.75, 3.05) is 33.4 Å². The maximum atomic E-state index is 13.0. The molecule has 29 heavy (non-hydrogen) atoms. The van der Waals surface area contributed by atoms with E-state index in [0.717, 1.165) is 11.1 Å². The van der Waals surface area contributed by atoms with Gasteiger partial charge in [-0.15, -0.1) is 0 Å². The second-order valence-corrected chi connectivity index (χ2v) is 8.73. The molecule has 1 heterocycles. The Labute approximate surface area is 171 Å². The fraction of sp³-hybridized carbons (Fsp3) is 0.381. The van der Waals surface area contributed by atoms with Crippen molar-refractivity contribution >= 4 is 16.0 Å². The monoisotopic (exact) mass is 419 g/mol. The Morgan fingerprint density at radius 3 is 2.38 bits per heavy atom. The normalized spacial score (nSPS) is 15.1. The van der Waals surface area contributed by atoms with E-state index in [4.69, 9.17) is 14.2 Å². The van der Waals surface area contributed by atoms with Crippen LogP contribution in [0.25, 0.3) is 0 Å². The summed E-state index contributed by atoms with van der Waals surface area (Å²) in [5.41, 5.74) is 2.58. The summed E-state index contributed by atoms with van der Waals surface area (Å²) < 4.78 is 43.2. The predicted octanol–water partition coefficient (Wildman–Crippen LogP) is 2.31. The quantitative estimate of drug-likeness (QED) is 0.641. The Kier molecular flexibility index (Phi) is 6.89. The third kappa shape index (κ3) is 5.35. The van der Waals surface area contributed by atoms with Gasteiger partial charge < -0.3 is 14.2 Å². The van der Waals surface area contributed by atoms with Gasteiger partial charge in [0.15, 0.2) is 0 Å². The first-order chi connectivity index (χ1) is 13.9. The van der Waals surface area contributed by atoms with Crippen LogP contribution in [-0.4, -0.2) is 52.1 Å². The number of ether oxygens (including phenoxy) is 3. The summed E-state index contributed by atoms with van der Waals surface area (Å²) in [5.74, 6) is -0.182. The molecule has 0 bridgehead atoms. The number of benzene rings is 2. The summed E-state index contributed by atoms with van der Waals surface area (Å²) in [4.78, 5) is 12.3. The number of morpholine rings is 1. The van der Waals surface area contributed by atoms with Gasteiger partial charge in [0.1, 0.15) is 17.3 Å². The maximum Gasteiger partial charge on any atom is 0.310 e. The zero-order valence-corrected chi connectivity index (χ0v) is 17.4. The van der Waals surface area contributed by atoms with Gasteiger partial charge >= 0.3 is 5.97 Å². The molecular weight excluding hydrogens is 394 g/mol. The van der Waals surface area contributed by atoms with Crippen molar-refractivity contribution in [1.29, 1.82) is 0 Å². The highest BCUT2D eigenvalue weighted by atomic mass is 32.2. The van der Waals surface area contributed by atoms with Crippen LogP contribution in [0.3, 0.4) is 0 Å². The van der Waals surface area contributed by atoms with E-state index < -0.39 is 16.0 Å². The van der Waals surface area contributed by atoms with E-state index in [-0.39, 0.29) is 36.8 Å². The average molecular weight is 419 g/mol. The molecule has 0 N–H and O–H groups in total. The molecule has 0 aromatic heterocycles. The number of aryl methyl sites for hydroxylation is 1. The van der Waals surface area contributed by atoms with Crippen molar-refractivity contribution in [2.24, 2.45) is 0 Å². The predicted molar refractivity (Wildman–Crippen MR) is 107 cm³/mol. The third-order valence-corrected chi connectivity index (χ3v) is 6.60. The molecule has 1 aliphatic rings. The lowest BCUT2D eigenvalue weighted by atomic mass is 10.1. The molecular formula is C21H25NO6S. The SMILES string of the molecule is COc1ccc(CC(=O)OCc2ccc(C)cc2)cc1S(=O)(=O)N1CCOCC1. The number of hydrogen-bond acceptors (Lipinski definition) is 6. The lowest BCUT2D eigenvalue weighted by molar-refractivity contribution is -0.144. The van der Waals surface area contributed by atoms with Gasteiger partial charge in [0.25, 0.3) is 0 Å². The fourth-order valence-electron chi connectivity index (χ4n) is 3.02. The molecule has 2 aromatic carbocycles. The number of sulfonamides is 1. The topological polar surface area (TPSA) is 82.1 Å². The van der Waals surface area contributed by atoms with Gasteiger partial charge in [-0.3, -0.25) is 4.79 Å². The minimum atomic E-state index is -3.75. The van der Waals surface area contributed by atoms with Crippen LogP contribution < -0.4 is 4.74 Å². The Balaban J connectivity index is 1.72. The van der Waals surface area contributed by atoms with Crippen LogP contribution in [0.5, 0.6) is 5.75 Å². The van der Waals surface area contributed by atoms with E-state index in [0.29, 0.717) is 18.8 Å². The molecule has 0 spiro atoms. The number of esters is 1. The summed E-state index contributed by atoms with van der Waals surface area (Å²) in [6.07, 6.45) is -0.0263. The zero-order valence-electron chi connectivity index (χ0n) is 16.6. The number of hydrogen-bond donors (Lipinski definition) is 0. The molecule has 1 saturated heterocycles. The molecule has 0 amide bonds. The van der Waals surface area contributed by atoms with Crippen LogP contribution in [0.2, 0.25) is 0 Å². The van der Waals surface area contributed by atoms with Crippen LogP contribution in [0, 0.1) is 6.92 Å². The molecule has 0 radical (unpaired) electrons. The number of carbonyl (C=O) groups excluding carboxylic acids is 1. The van der Waals surface area contributed by atoms with Crippen LogP contribution in [0.4, 0.5) is 0 Å². The van der Waals surface area contributed by atoms with E-state index >= 15 is 0 Å². The molecule has 8 heteroatoms. The number of carbonyl (C=O) groups is 1. The summed E-state index contributed by atoms with van der Waals surface area (Å²) in [6, 6.07) is 12.4. The van der Waals surface area contributed by atoms with E-state index in [1.54, 1.807) is 12.1 Å². The molecule has 1 aliphatic heterocycles. The van der Waals surface area contributed by atoms with Gasteiger partial charge in [0, 0.05) is 13.1 Å². The first-order valence-electron chi connectivity index (χ1n) is 9.36. The van der Waals surface area contributed by atoms with Gasteiger partial charge in [-0.2, -0.15) is 4.31 Å². The molecule has 0 saturated carbocycles. The van der Waals surface area contributed by atoms with Gasteiger partial charge in [-0.05, 0) is 30.2 Å². The standard InChI is InChI=1S/C21H25NO6S/c1-16-3-5-17(6-4-16)15-28-21(23)14-18-7-8-19(26-2)20(13-18)29(24,25)22-9-11-27-12-10-22/h3-8,13H,9-12,14-15H2,1-2H3. The fourth-order valence-corrected chi connectivity index (χ4v) is 4.64.